The average molecular weight is 285 g/mol. The minimum atomic E-state index is -0.0901. The van der Waals surface area contributed by atoms with Crippen LogP contribution in [0.25, 0.3) is 17.2 Å². The average Bonchev–Trinajstić information content (AvgIpc) is 2.61. The number of carbonyl (C=O) groups excluding carboxylic acids is 1. The Hall–Kier alpha value is -3.00. The molecule has 3 rings (SSSR count). The van der Waals surface area contributed by atoms with E-state index in [2.05, 4.69) is 29.2 Å². The van der Waals surface area contributed by atoms with E-state index in [0.717, 1.165) is 11.1 Å². The number of aromatic nitrogens is 1. The minimum Gasteiger partial charge on any atom is -0.288 e. The van der Waals surface area contributed by atoms with Crippen LogP contribution in [0.15, 0.2) is 85.1 Å². The van der Waals surface area contributed by atoms with Crippen molar-refractivity contribution in [1.29, 1.82) is 0 Å². The Morgan fingerprint density at radius 1 is 0.773 bits per heavy atom. The predicted molar refractivity (Wildman–Crippen MR) is 89.5 cm³/mol. The Balaban J connectivity index is 1.74. The topological polar surface area (TPSA) is 30.0 Å². The van der Waals surface area contributed by atoms with Crippen LogP contribution in [0.5, 0.6) is 0 Å². The molecule has 0 bridgehead atoms. The molecule has 1 heterocycles. The van der Waals surface area contributed by atoms with Crippen molar-refractivity contribution in [3.8, 4) is 11.1 Å². The van der Waals surface area contributed by atoms with Gasteiger partial charge in [0.2, 0.25) is 5.78 Å². The van der Waals surface area contributed by atoms with Crippen LogP contribution in [0.3, 0.4) is 0 Å². The third-order valence-electron chi connectivity index (χ3n) is 3.36. The molecular weight excluding hydrogens is 270 g/mol. The first-order chi connectivity index (χ1) is 10.8. The summed E-state index contributed by atoms with van der Waals surface area (Å²) in [6.45, 7) is 0. The van der Waals surface area contributed by atoms with Crippen LogP contribution in [-0.4, -0.2) is 10.8 Å². The molecule has 0 N–H and O–H groups in total. The van der Waals surface area contributed by atoms with Gasteiger partial charge in [-0.25, -0.2) is 0 Å². The summed E-state index contributed by atoms with van der Waals surface area (Å²) in [7, 11) is 0. The summed E-state index contributed by atoms with van der Waals surface area (Å²) in [5.41, 5.74) is 3.79. The summed E-state index contributed by atoms with van der Waals surface area (Å²) in [5, 5.41) is 0. The van der Waals surface area contributed by atoms with Gasteiger partial charge in [0.1, 0.15) is 5.69 Å². The van der Waals surface area contributed by atoms with Crippen LogP contribution < -0.4 is 0 Å². The van der Waals surface area contributed by atoms with E-state index in [4.69, 9.17) is 0 Å². The molecule has 3 aromatic rings. The molecule has 0 spiro atoms. The molecule has 0 fully saturated rings. The summed E-state index contributed by atoms with van der Waals surface area (Å²) >= 11 is 0. The van der Waals surface area contributed by atoms with Gasteiger partial charge in [-0.15, -0.1) is 0 Å². The van der Waals surface area contributed by atoms with Crippen molar-refractivity contribution < 1.29 is 4.79 Å². The zero-order chi connectivity index (χ0) is 15.2. The van der Waals surface area contributed by atoms with Crippen molar-refractivity contribution in [2.75, 3.05) is 0 Å². The molecular formula is C20H15NO. The maximum atomic E-state index is 12.0. The Bertz CT molecular complexity index is 775. The second-order valence-corrected chi connectivity index (χ2v) is 4.90. The predicted octanol–water partition coefficient (Wildman–Crippen LogP) is 4.64. The molecule has 0 atom stereocenters. The van der Waals surface area contributed by atoms with Crippen LogP contribution in [0.1, 0.15) is 16.1 Å². The van der Waals surface area contributed by atoms with E-state index in [1.165, 1.54) is 5.56 Å². The molecule has 22 heavy (non-hydrogen) atoms. The Morgan fingerprint density at radius 2 is 1.45 bits per heavy atom. The number of benzene rings is 2. The quantitative estimate of drug-likeness (QED) is 0.516. The number of ketones is 1. The highest BCUT2D eigenvalue weighted by molar-refractivity contribution is 6.05. The molecule has 0 unspecified atom stereocenters. The normalized spacial score (nSPS) is 10.7. The highest BCUT2D eigenvalue weighted by Crippen LogP contribution is 2.19. The molecule has 0 saturated heterocycles. The first kappa shape index (κ1) is 14.0. The number of hydrogen-bond acceptors (Lipinski definition) is 2. The lowest BCUT2D eigenvalue weighted by Crippen LogP contribution is -1.96. The van der Waals surface area contributed by atoms with Gasteiger partial charge in [0.25, 0.3) is 0 Å². The lowest BCUT2D eigenvalue weighted by molar-refractivity contribution is 0.104. The summed E-state index contributed by atoms with van der Waals surface area (Å²) < 4.78 is 0. The number of allylic oxidation sites excluding steroid dienone is 1. The van der Waals surface area contributed by atoms with Gasteiger partial charge >= 0.3 is 0 Å². The van der Waals surface area contributed by atoms with Crippen LogP contribution >= 0.6 is 0 Å². The number of pyridine rings is 1. The van der Waals surface area contributed by atoms with Crippen molar-refractivity contribution in [2.24, 2.45) is 0 Å². The number of carbonyl (C=O) groups is 1. The SMILES string of the molecule is O=C(/C=C/c1ccc(-c2ccccc2)cc1)c1ccccn1. The fourth-order valence-corrected chi connectivity index (χ4v) is 2.18. The number of hydrogen-bond donors (Lipinski definition) is 0. The van der Waals surface area contributed by atoms with Gasteiger partial charge in [0.05, 0.1) is 0 Å². The maximum Gasteiger partial charge on any atom is 0.204 e. The van der Waals surface area contributed by atoms with E-state index in [1.54, 1.807) is 24.4 Å². The van der Waals surface area contributed by atoms with E-state index < -0.39 is 0 Å². The third kappa shape index (κ3) is 3.36. The molecule has 0 radical (unpaired) electrons. The van der Waals surface area contributed by atoms with Crippen molar-refractivity contribution in [3.05, 3.63) is 96.3 Å². The largest absolute Gasteiger partial charge is 0.288 e. The van der Waals surface area contributed by atoms with Crippen LogP contribution in [0, 0.1) is 0 Å². The monoisotopic (exact) mass is 285 g/mol. The van der Waals surface area contributed by atoms with E-state index in [0.29, 0.717) is 5.69 Å². The minimum absolute atomic E-state index is 0.0901. The first-order valence-corrected chi connectivity index (χ1v) is 7.12. The van der Waals surface area contributed by atoms with Gasteiger partial charge in [-0.05, 0) is 34.9 Å². The van der Waals surface area contributed by atoms with Crippen LogP contribution in [0.4, 0.5) is 0 Å². The molecule has 2 nitrogen and oxygen atoms in total. The molecule has 106 valence electrons. The molecule has 0 aliphatic heterocycles. The summed E-state index contributed by atoms with van der Waals surface area (Å²) in [4.78, 5) is 16.0. The van der Waals surface area contributed by atoms with Gasteiger partial charge in [-0.3, -0.25) is 9.78 Å². The Morgan fingerprint density at radius 3 is 2.14 bits per heavy atom. The summed E-state index contributed by atoms with van der Waals surface area (Å²) in [5.74, 6) is -0.0901. The summed E-state index contributed by atoms with van der Waals surface area (Å²) in [6.07, 6.45) is 4.99. The lowest BCUT2D eigenvalue weighted by atomic mass is 10.0. The Kier molecular flexibility index (Phi) is 4.21. The third-order valence-corrected chi connectivity index (χ3v) is 3.36. The second-order valence-electron chi connectivity index (χ2n) is 4.90. The van der Waals surface area contributed by atoms with Crippen LogP contribution in [0.2, 0.25) is 0 Å². The molecule has 0 amide bonds. The van der Waals surface area contributed by atoms with E-state index >= 15 is 0 Å². The van der Waals surface area contributed by atoms with Gasteiger partial charge in [-0.1, -0.05) is 66.7 Å². The molecule has 0 saturated carbocycles. The second kappa shape index (κ2) is 6.64. The Labute approximate surface area is 129 Å². The van der Waals surface area contributed by atoms with E-state index in [-0.39, 0.29) is 5.78 Å². The molecule has 2 heteroatoms. The van der Waals surface area contributed by atoms with E-state index in [9.17, 15) is 4.79 Å². The lowest BCUT2D eigenvalue weighted by Gasteiger charge is -2.01. The highest BCUT2D eigenvalue weighted by Gasteiger charge is 2.01. The zero-order valence-corrected chi connectivity index (χ0v) is 12.0. The standard InChI is InChI=1S/C20H15NO/c22-20(19-8-4-5-15-21-19)14-11-16-9-12-18(13-10-16)17-6-2-1-3-7-17/h1-15H/b14-11+. The first-order valence-electron chi connectivity index (χ1n) is 7.12. The van der Waals surface area contributed by atoms with Gasteiger partial charge in [0.15, 0.2) is 0 Å². The fraction of sp³-hybridized carbons (Fsp3) is 0. The van der Waals surface area contributed by atoms with E-state index in [1.807, 2.05) is 42.5 Å². The molecule has 2 aromatic carbocycles. The van der Waals surface area contributed by atoms with Gasteiger partial charge in [0, 0.05) is 6.20 Å². The highest BCUT2D eigenvalue weighted by atomic mass is 16.1. The van der Waals surface area contributed by atoms with Gasteiger partial charge in [-0.2, -0.15) is 0 Å². The molecule has 1 aromatic heterocycles. The molecule has 0 aliphatic carbocycles. The van der Waals surface area contributed by atoms with Crippen molar-refractivity contribution in [1.82, 2.24) is 4.98 Å². The number of nitrogens with zero attached hydrogens (tertiary/aromatic N) is 1. The maximum absolute atomic E-state index is 12.0. The fourth-order valence-electron chi connectivity index (χ4n) is 2.18. The smallest absolute Gasteiger partial charge is 0.204 e. The van der Waals surface area contributed by atoms with Crippen LogP contribution in [-0.2, 0) is 0 Å². The molecule has 0 aliphatic rings. The van der Waals surface area contributed by atoms with Crippen molar-refractivity contribution >= 4 is 11.9 Å². The van der Waals surface area contributed by atoms with Crippen molar-refractivity contribution in [3.63, 3.8) is 0 Å². The summed E-state index contributed by atoms with van der Waals surface area (Å²) in [6, 6.07) is 23.6. The van der Waals surface area contributed by atoms with Gasteiger partial charge < -0.3 is 0 Å². The van der Waals surface area contributed by atoms with Crippen molar-refractivity contribution in [2.45, 2.75) is 0 Å². The zero-order valence-electron chi connectivity index (χ0n) is 12.0. The number of rotatable bonds is 4.